The summed E-state index contributed by atoms with van der Waals surface area (Å²) >= 11 is 5.71. The molecule has 3 nitrogen and oxygen atoms in total. The van der Waals surface area contributed by atoms with Crippen molar-refractivity contribution in [2.75, 3.05) is 0 Å². The summed E-state index contributed by atoms with van der Waals surface area (Å²) in [4.78, 5) is 23.0. The molecule has 0 atom stereocenters. The van der Waals surface area contributed by atoms with E-state index in [1.807, 2.05) is 0 Å². The minimum absolute atomic E-state index is 0.224. The quantitative estimate of drug-likeness (QED) is 0.820. The molecule has 4 heteroatoms. The SMILES string of the molecule is CCCCCC(=O)NC(=O)c1ccc(Cl)cc1. The van der Waals surface area contributed by atoms with Gasteiger partial charge in [-0.15, -0.1) is 0 Å². The maximum absolute atomic E-state index is 11.6. The zero-order valence-electron chi connectivity index (χ0n) is 9.83. The van der Waals surface area contributed by atoms with Crippen LogP contribution in [-0.2, 0) is 4.79 Å². The van der Waals surface area contributed by atoms with Crippen molar-refractivity contribution in [3.8, 4) is 0 Å². The highest BCUT2D eigenvalue weighted by atomic mass is 35.5. The summed E-state index contributed by atoms with van der Waals surface area (Å²) in [5.41, 5.74) is 0.443. The molecular formula is C13H16ClNO2. The first-order valence-corrected chi connectivity index (χ1v) is 6.11. The Morgan fingerprint density at radius 1 is 1.18 bits per heavy atom. The van der Waals surface area contributed by atoms with Gasteiger partial charge in [0.1, 0.15) is 0 Å². The Balaban J connectivity index is 2.43. The van der Waals surface area contributed by atoms with Crippen LogP contribution in [-0.4, -0.2) is 11.8 Å². The molecule has 0 aliphatic rings. The van der Waals surface area contributed by atoms with Gasteiger partial charge in [-0.25, -0.2) is 0 Å². The monoisotopic (exact) mass is 253 g/mol. The minimum atomic E-state index is -0.372. The van der Waals surface area contributed by atoms with Crippen LogP contribution in [0, 0.1) is 0 Å². The number of carbonyl (C=O) groups excluding carboxylic acids is 2. The van der Waals surface area contributed by atoms with Crippen molar-refractivity contribution < 1.29 is 9.59 Å². The van der Waals surface area contributed by atoms with Crippen molar-refractivity contribution in [2.24, 2.45) is 0 Å². The third-order valence-corrected chi connectivity index (χ3v) is 2.62. The predicted octanol–water partition coefficient (Wildman–Crippen LogP) is 3.18. The number of imide groups is 1. The molecule has 1 N–H and O–H groups in total. The fraction of sp³-hybridized carbons (Fsp3) is 0.385. The van der Waals surface area contributed by atoms with Gasteiger partial charge in [0.05, 0.1) is 0 Å². The number of unbranched alkanes of at least 4 members (excludes halogenated alkanes) is 2. The first-order chi connectivity index (χ1) is 8.13. The van der Waals surface area contributed by atoms with Crippen LogP contribution in [0.3, 0.4) is 0 Å². The molecule has 1 aromatic rings. The molecule has 1 aromatic carbocycles. The fourth-order valence-electron chi connectivity index (χ4n) is 1.40. The van der Waals surface area contributed by atoms with E-state index in [-0.39, 0.29) is 11.8 Å². The van der Waals surface area contributed by atoms with E-state index in [9.17, 15) is 9.59 Å². The van der Waals surface area contributed by atoms with E-state index in [1.54, 1.807) is 24.3 Å². The van der Waals surface area contributed by atoms with E-state index in [2.05, 4.69) is 12.2 Å². The van der Waals surface area contributed by atoms with E-state index in [4.69, 9.17) is 11.6 Å². The second-order valence-corrected chi connectivity index (χ2v) is 4.28. The molecular weight excluding hydrogens is 238 g/mol. The van der Waals surface area contributed by atoms with Gasteiger partial charge < -0.3 is 0 Å². The number of hydrogen-bond donors (Lipinski definition) is 1. The first kappa shape index (κ1) is 13.7. The Hall–Kier alpha value is -1.35. The molecule has 2 amide bonds. The fourth-order valence-corrected chi connectivity index (χ4v) is 1.52. The highest BCUT2D eigenvalue weighted by molar-refractivity contribution is 6.30. The molecule has 17 heavy (non-hydrogen) atoms. The molecule has 0 bridgehead atoms. The van der Waals surface area contributed by atoms with Crippen molar-refractivity contribution in [1.82, 2.24) is 5.32 Å². The lowest BCUT2D eigenvalue weighted by atomic mass is 10.2. The van der Waals surface area contributed by atoms with Crippen LogP contribution in [0.1, 0.15) is 43.0 Å². The molecule has 0 aliphatic heterocycles. The van der Waals surface area contributed by atoms with Crippen LogP contribution >= 0.6 is 11.6 Å². The summed E-state index contributed by atoms with van der Waals surface area (Å²) in [6.45, 7) is 2.07. The molecule has 0 heterocycles. The molecule has 1 rings (SSSR count). The van der Waals surface area contributed by atoms with Gasteiger partial charge in [0.15, 0.2) is 0 Å². The highest BCUT2D eigenvalue weighted by Gasteiger charge is 2.09. The van der Waals surface area contributed by atoms with E-state index in [0.717, 1.165) is 19.3 Å². The normalized spacial score (nSPS) is 10.0. The molecule has 0 radical (unpaired) electrons. The summed E-state index contributed by atoms with van der Waals surface area (Å²) in [6.07, 6.45) is 3.27. The Bertz CT molecular complexity index is 387. The van der Waals surface area contributed by atoms with Crippen molar-refractivity contribution in [2.45, 2.75) is 32.6 Å². The summed E-state index contributed by atoms with van der Waals surface area (Å²) in [7, 11) is 0. The highest BCUT2D eigenvalue weighted by Crippen LogP contribution is 2.09. The van der Waals surface area contributed by atoms with E-state index in [1.165, 1.54) is 0 Å². The van der Waals surface area contributed by atoms with Gasteiger partial charge in [-0.05, 0) is 30.7 Å². The van der Waals surface area contributed by atoms with E-state index >= 15 is 0 Å². The van der Waals surface area contributed by atoms with E-state index < -0.39 is 0 Å². The Morgan fingerprint density at radius 2 is 1.82 bits per heavy atom. The molecule has 0 saturated heterocycles. The summed E-state index contributed by atoms with van der Waals surface area (Å²) in [5, 5.41) is 2.92. The predicted molar refractivity (Wildman–Crippen MR) is 68.1 cm³/mol. The van der Waals surface area contributed by atoms with Gasteiger partial charge >= 0.3 is 0 Å². The second-order valence-electron chi connectivity index (χ2n) is 3.84. The smallest absolute Gasteiger partial charge is 0.257 e. The van der Waals surface area contributed by atoms with Crippen molar-refractivity contribution in [3.63, 3.8) is 0 Å². The van der Waals surface area contributed by atoms with Crippen molar-refractivity contribution in [3.05, 3.63) is 34.9 Å². The van der Waals surface area contributed by atoms with Gasteiger partial charge in [-0.2, -0.15) is 0 Å². The van der Waals surface area contributed by atoms with Crippen molar-refractivity contribution >= 4 is 23.4 Å². The Morgan fingerprint density at radius 3 is 2.41 bits per heavy atom. The standard InChI is InChI=1S/C13H16ClNO2/c1-2-3-4-5-12(16)15-13(17)10-6-8-11(14)9-7-10/h6-9H,2-5H2,1H3,(H,15,16,17). The topological polar surface area (TPSA) is 46.2 Å². The van der Waals surface area contributed by atoms with Crippen LogP contribution < -0.4 is 5.32 Å². The van der Waals surface area contributed by atoms with E-state index in [0.29, 0.717) is 17.0 Å². The molecule has 0 unspecified atom stereocenters. The molecule has 0 spiro atoms. The minimum Gasteiger partial charge on any atom is -0.292 e. The Labute approximate surface area is 106 Å². The van der Waals surface area contributed by atoms with Gasteiger partial charge in [0.25, 0.3) is 5.91 Å². The lowest BCUT2D eigenvalue weighted by Gasteiger charge is -2.03. The molecule has 0 fully saturated rings. The molecule has 0 aliphatic carbocycles. The first-order valence-electron chi connectivity index (χ1n) is 5.73. The van der Waals surface area contributed by atoms with Crippen LogP contribution in [0.2, 0.25) is 5.02 Å². The number of amides is 2. The van der Waals surface area contributed by atoms with Gasteiger partial charge in [0.2, 0.25) is 5.91 Å². The summed E-state index contributed by atoms with van der Waals surface area (Å²) in [5.74, 6) is -0.596. The molecule has 0 aromatic heterocycles. The average molecular weight is 254 g/mol. The number of halogens is 1. The van der Waals surface area contributed by atoms with Gasteiger partial charge in [-0.3, -0.25) is 14.9 Å². The largest absolute Gasteiger partial charge is 0.292 e. The lowest BCUT2D eigenvalue weighted by Crippen LogP contribution is -2.30. The maximum Gasteiger partial charge on any atom is 0.257 e. The van der Waals surface area contributed by atoms with Crippen LogP contribution in [0.25, 0.3) is 0 Å². The molecule has 92 valence electrons. The van der Waals surface area contributed by atoms with Crippen LogP contribution in [0.5, 0.6) is 0 Å². The number of benzene rings is 1. The number of carbonyl (C=O) groups is 2. The maximum atomic E-state index is 11.6. The zero-order valence-corrected chi connectivity index (χ0v) is 10.6. The number of hydrogen-bond acceptors (Lipinski definition) is 2. The number of nitrogens with one attached hydrogen (secondary N) is 1. The Kier molecular flexibility index (Phi) is 5.70. The average Bonchev–Trinajstić information content (AvgIpc) is 2.30. The summed E-state index contributed by atoms with van der Waals surface area (Å²) in [6, 6.07) is 6.43. The van der Waals surface area contributed by atoms with Crippen LogP contribution in [0.15, 0.2) is 24.3 Å². The summed E-state index contributed by atoms with van der Waals surface area (Å²) < 4.78 is 0. The molecule has 0 saturated carbocycles. The zero-order chi connectivity index (χ0) is 12.7. The third kappa shape index (κ3) is 5.00. The number of rotatable bonds is 5. The lowest BCUT2D eigenvalue weighted by molar-refractivity contribution is -0.120. The second kappa shape index (κ2) is 7.07. The third-order valence-electron chi connectivity index (χ3n) is 2.37. The van der Waals surface area contributed by atoms with Crippen molar-refractivity contribution in [1.29, 1.82) is 0 Å². The van der Waals surface area contributed by atoms with Gasteiger partial charge in [-0.1, -0.05) is 31.4 Å². The van der Waals surface area contributed by atoms with Gasteiger partial charge in [0, 0.05) is 17.0 Å². The van der Waals surface area contributed by atoms with Crippen LogP contribution in [0.4, 0.5) is 0 Å².